The first-order valence-corrected chi connectivity index (χ1v) is 11.9. The number of fused-ring (bicyclic) bond motifs is 1. The van der Waals surface area contributed by atoms with E-state index in [0.717, 1.165) is 37.1 Å². The highest BCUT2D eigenvalue weighted by molar-refractivity contribution is 7.92. The predicted molar refractivity (Wildman–Crippen MR) is 119 cm³/mol. The quantitative estimate of drug-likeness (QED) is 0.567. The van der Waals surface area contributed by atoms with Crippen molar-refractivity contribution in [2.45, 2.75) is 37.6 Å². The number of rotatable bonds is 7. The molecule has 4 rings (SSSR count). The Hall–Kier alpha value is -2.23. The lowest BCUT2D eigenvalue weighted by molar-refractivity contribution is 0.277. The number of nitrogens with zero attached hydrogens (tertiary/aromatic N) is 3. The number of hydrogen-bond acceptors (Lipinski definition) is 6. The van der Waals surface area contributed by atoms with E-state index < -0.39 is 10.0 Å². The highest BCUT2D eigenvalue weighted by Gasteiger charge is 2.26. The average molecular weight is 452 g/mol. The summed E-state index contributed by atoms with van der Waals surface area (Å²) in [6, 6.07) is 5.77. The third kappa shape index (κ3) is 3.89. The van der Waals surface area contributed by atoms with Crippen molar-refractivity contribution in [3.8, 4) is 0 Å². The predicted octanol–water partition coefficient (Wildman–Crippen LogP) is 3.83. The summed E-state index contributed by atoms with van der Waals surface area (Å²) in [7, 11) is -2.29. The van der Waals surface area contributed by atoms with Crippen LogP contribution in [0, 0.1) is 6.92 Å². The fourth-order valence-electron chi connectivity index (χ4n) is 4.16. The van der Waals surface area contributed by atoms with Crippen molar-refractivity contribution in [2.75, 3.05) is 29.7 Å². The molecule has 2 aromatic heterocycles. The molecule has 162 valence electrons. The highest BCUT2D eigenvalue weighted by atomic mass is 35.5. The van der Waals surface area contributed by atoms with Gasteiger partial charge in [0.1, 0.15) is 10.0 Å². The number of nitrogens with one attached hydrogen (secondary N) is 2. The molecule has 1 aliphatic heterocycles. The number of aromatic nitrogens is 2. The number of likely N-dealkylation sites (N-methyl/N-ethyl adjacent to an activating group) is 1. The van der Waals surface area contributed by atoms with E-state index in [1.165, 1.54) is 11.1 Å². The van der Waals surface area contributed by atoms with Gasteiger partial charge in [-0.2, -0.15) is 5.10 Å². The van der Waals surface area contributed by atoms with Crippen molar-refractivity contribution >= 4 is 44.0 Å². The average Bonchev–Trinajstić information content (AvgIpc) is 3.39. The zero-order valence-electron chi connectivity index (χ0n) is 17.3. The molecule has 1 saturated heterocycles. The number of benzene rings is 1. The third-order valence-electron chi connectivity index (χ3n) is 5.61. The Bertz CT molecular complexity index is 1170. The first-order valence-electron chi connectivity index (χ1n) is 10.0. The maximum Gasteiger partial charge on any atom is 0.266 e. The standard InChI is InChI=1S/C20H26ClN5O3S/c1-4-26-8-5-6-16(26)12-22-17-11-15(10-14-7-9-29-18(14)17)24-30(27,28)19-13(2)23-25(3)20(19)21/h7,9-11,16,22,24H,4-6,8,12H2,1-3H3/t16-/m1/s1. The van der Waals surface area contributed by atoms with Crippen LogP contribution in [0.3, 0.4) is 0 Å². The van der Waals surface area contributed by atoms with E-state index in [1.54, 1.807) is 32.4 Å². The summed E-state index contributed by atoms with van der Waals surface area (Å²) in [6.07, 6.45) is 3.94. The van der Waals surface area contributed by atoms with Gasteiger partial charge in [0.05, 0.1) is 23.3 Å². The molecular formula is C20H26ClN5O3S. The van der Waals surface area contributed by atoms with Crippen molar-refractivity contribution in [3.05, 3.63) is 35.3 Å². The number of anilines is 2. The molecule has 1 fully saturated rings. The number of furan rings is 1. The molecule has 0 radical (unpaired) electrons. The van der Waals surface area contributed by atoms with Gasteiger partial charge in [0.15, 0.2) is 5.58 Å². The van der Waals surface area contributed by atoms with Gasteiger partial charge < -0.3 is 9.73 Å². The van der Waals surface area contributed by atoms with Crippen LogP contribution in [0.25, 0.3) is 11.0 Å². The molecule has 0 unspecified atom stereocenters. The Morgan fingerprint density at radius 3 is 2.87 bits per heavy atom. The molecule has 10 heteroatoms. The Kier molecular flexibility index (Phi) is 5.69. The Morgan fingerprint density at radius 2 is 2.17 bits per heavy atom. The fourth-order valence-corrected chi connectivity index (χ4v) is 5.96. The normalized spacial score (nSPS) is 17.7. The zero-order valence-corrected chi connectivity index (χ0v) is 18.8. The molecule has 1 atom stereocenters. The topological polar surface area (TPSA) is 92.4 Å². The van der Waals surface area contributed by atoms with E-state index in [4.69, 9.17) is 16.0 Å². The number of halogens is 1. The molecule has 3 heterocycles. The third-order valence-corrected chi connectivity index (χ3v) is 7.68. The minimum Gasteiger partial charge on any atom is -0.462 e. The first-order chi connectivity index (χ1) is 14.3. The van der Waals surface area contributed by atoms with Crippen LogP contribution >= 0.6 is 11.6 Å². The molecule has 0 aliphatic carbocycles. The van der Waals surface area contributed by atoms with E-state index >= 15 is 0 Å². The Labute approximate surface area is 181 Å². The van der Waals surface area contributed by atoms with Gasteiger partial charge in [-0.1, -0.05) is 18.5 Å². The molecule has 0 amide bonds. The van der Waals surface area contributed by atoms with Gasteiger partial charge in [-0.3, -0.25) is 14.3 Å². The summed E-state index contributed by atoms with van der Waals surface area (Å²) in [5.41, 5.74) is 2.24. The lowest BCUT2D eigenvalue weighted by Gasteiger charge is -2.23. The van der Waals surface area contributed by atoms with Crippen LogP contribution in [0.1, 0.15) is 25.5 Å². The van der Waals surface area contributed by atoms with Gasteiger partial charge >= 0.3 is 0 Å². The molecule has 0 bridgehead atoms. The molecule has 0 saturated carbocycles. The molecule has 0 spiro atoms. The van der Waals surface area contributed by atoms with Gasteiger partial charge in [-0.25, -0.2) is 8.42 Å². The largest absolute Gasteiger partial charge is 0.462 e. The number of aryl methyl sites for hydroxylation is 2. The molecule has 30 heavy (non-hydrogen) atoms. The first kappa shape index (κ1) is 21.0. The van der Waals surface area contributed by atoms with Crippen molar-refractivity contribution in [3.63, 3.8) is 0 Å². The number of likely N-dealkylation sites (tertiary alicyclic amines) is 1. The van der Waals surface area contributed by atoms with Crippen LogP contribution in [0.2, 0.25) is 5.15 Å². The Morgan fingerprint density at radius 1 is 1.37 bits per heavy atom. The SMILES string of the molecule is CCN1CCC[C@@H]1CNc1cc(NS(=O)(=O)c2c(C)nn(C)c2Cl)cc2ccoc12. The summed E-state index contributed by atoms with van der Waals surface area (Å²) < 4.78 is 35.6. The van der Waals surface area contributed by atoms with Crippen molar-refractivity contribution in [2.24, 2.45) is 7.05 Å². The van der Waals surface area contributed by atoms with E-state index in [1.807, 2.05) is 6.07 Å². The second-order valence-corrected chi connectivity index (χ2v) is 9.58. The lowest BCUT2D eigenvalue weighted by atomic mass is 10.2. The van der Waals surface area contributed by atoms with Gasteiger partial charge in [0, 0.05) is 25.0 Å². The van der Waals surface area contributed by atoms with Gasteiger partial charge in [-0.05, 0) is 51.1 Å². The van der Waals surface area contributed by atoms with E-state index in [9.17, 15) is 8.42 Å². The molecule has 2 N–H and O–H groups in total. The summed E-state index contributed by atoms with van der Waals surface area (Å²) >= 11 is 6.17. The van der Waals surface area contributed by atoms with Crippen LogP contribution in [0.4, 0.5) is 11.4 Å². The second-order valence-electron chi connectivity index (χ2n) is 7.60. The van der Waals surface area contributed by atoms with E-state index in [0.29, 0.717) is 23.0 Å². The zero-order chi connectivity index (χ0) is 21.5. The molecule has 8 nitrogen and oxygen atoms in total. The minimum absolute atomic E-state index is 0.0157. The lowest BCUT2D eigenvalue weighted by Crippen LogP contribution is -2.34. The fraction of sp³-hybridized carbons (Fsp3) is 0.450. The van der Waals surface area contributed by atoms with Crippen LogP contribution in [0.5, 0.6) is 0 Å². The summed E-state index contributed by atoms with van der Waals surface area (Å²) in [4.78, 5) is 2.43. The molecule has 1 aliphatic rings. The Balaban J connectivity index is 1.62. The number of hydrogen-bond donors (Lipinski definition) is 2. The van der Waals surface area contributed by atoms with E-state index in [-0.39, 0.29) is 10.0 Å². The second kappa shape index (κ2) is 8.13. The molecule has 1 aromatic carbocycles. The van der Waals surface area contributed by atoms with Crippen molar-refractivity contribution in [1.82, 2.24) is 14.7 Å². The monoisotopic (exact) mass is 451 g/mol. The minimum atomic E-state index is -3.90. The highest BCUT2D eigenvalue weighted by Crippen LogP contribution is 2.32. The maximum absolute atomic E-state index is 13.0. The van der Waals surface area contributed by atoms with Crippen molar-refractivity contribution in [1.29, 1.82) is 0 Å². The maximum atomic E-state index is 13.0. The van der Waals surface area contributed by atoms with Crippen LogP contribution in [-0.4, -0.2) is 48.8 Å². The van der Waals surface area contributed by atoms with Gasteiger partial charge in [-0.15, -0.1) is 0 Å². The van der Waals surface area contributed by atoms with E-state index in [2.05, 4.69) is 27.0 Å². The van der Waals surface area contributed by atoms with Gasteiger partial charge in [0.25, 0.3) is 10.0 Å². The van der Waals surface area contributed by atoms with Crippen LogP contribution < -0.4 is 10.0 Å². The summed E-state index contributed by atoms with van der Waals surface area (Å²) in [5, 5.41) is 8.44. The molecular weight excluding hydrogens is 426 g/mol. The van der Waals surface area contributed by atoms with Crippen LogP contribution in [0.15, 0.2) is 33.8 Å². The smallest absolute Gasteiger partial charge is 0.266 e. The molecule has 3 aromatic rings. The van der Waals surface area contributed by atoms with Crippen molar-refractivity contribution < 1.29 is 12.8 Å². The number of sulfonamides is 1. The van der Waals surface area contributed by atoms with Gasteiger partial charge in [0.2, 0.25) is 0 Å². The van der Waals surface area contributed by atoms with Crippen LogP contribution in [-0.2, 0) is 17.1 Å². The summed E-state index contributed by atoms with van der Waals surface area (Å²) in [5.74, 6) is 0. The summed E-state index contributed by atoms with van der Waals surface area (Å²) in [6.45, 7) is 6.70.